The van der Waals surface area contributed by atoms with Crippen molar-refractivity contribution in [2.24, 2.45) is 0 Å². The molecule has 0 spiro atoms. The van der Waals surface area contributed by atoms with Gasteiger partial charge in [-0.2, -0.15) is 5.26 Å². The SMILES string of the molecule is Cc1nc(C(=O)N2CCN(CC(C)O)CC2)ccc1C#N. The van der Waals surface area contributed by atoms with E-state index in [2.05, 4.69) is 9.88 Å². The molecule has 6 heteroatoms. The molecule has 1 fully saturated rings. The first-order chi connectivity index (χ1) is 10.0. The van der Waals surface area contributed by atoms with E-state index in [0.29, 0.717) is 36.6 Å². The quantitative estimate of drug-likeness (QED) is 0.871. The summed E-state index contributed by atoms with van der Waals surface area (Å²) in [5.41, 5.74) is 1.46. The number of aryl methyl sites for hydroxylation is 1. The Morgan fingerprint density at radius 3 is 2.62 bits per heavy atom. The molecule has 0 aliphatic carbocycles. The third kappa shape index (κ3) is 3.78. The van der Waals surface area contributed by atoms with Crippen molar-refractivity contribution in [1.29, 1.82) is 5.26 Å². The lowest BCUT2D eigenvalue weighted by atomic mass is 10.2. The van der Waals surface area contributed by atoms with Crippen LogP contribution in [0.5, 0.6) is 0 Å². The van der Waals surface area contributed by atoms with Gasteiger partial charge in [0.1, 0.15) is 11.8 Å². The molecule has 1 saturated heterocycles. The Balaban J connectivity index is 1.99. The number of nitriles is 1. The van der Waals surface area contributed by atoms with Gasteiger partial charge in [-0.25, -0.2) is 4.98 Å². The lowest BCUT2D eigenvalue weighted by molar-refractivity contribution is 0.0549. The van der Waals surface area contributed by atoms with Gasteiger partial charge in [0.25, 0.3) is 5.91 Å². The van der Waals surface area contributed by atoms with Crippen LogP contribution < -0.4 is 0 Å². The summed E-state index contributed by atoms with van der Waals surface area (Å²) in [4.78, 5) is 20.5. The van der Waals surface area contributed by atoms with Gasteiger partial charge in [-0.3, -0.25) is 9.69 Å². The standard InChI is InChI=1S/C15H20N4O2/c1-11(20)10-18-5-7-19(8-6-18)15(21)14-4-3-13(9-16)12(2)17-14/h3-4,11,20H,5-8,10H2,1-2H3. The second-order valence-corrected chi connectivity index (χ2v) is 5.38. The molecule has 21 heavy (non-hydrogen) atoms. The van der Waals surface area contributed by atoms with Crippen molar-refractivity contribution in [3.8, 4) is 6.07 Å². The summed E-state index contributed by atoms with van der Waals surface area (Å²) in [6.45, 7) is 6.91. The number of hydrogen-bond acceptors (Lipinski definition) is 5. The number of aliphatic hydroxyl groups excluding tert-OH is 1. The number of carbonyl (C=O) groups excluding carboxylic acids is 1. The maximum atomic E-state index is 12.4. The third-order valence-electron chi connectivity index (χ3n) is 3.61. The summed E-state index contributed by atoms with van der Waals surface area (Å²) in [6, 6.07) is 5.29. The average molecular weight is 288 g/mol. The number of hydrogen-bond donors (Lipinski definition) is 1. The van der Waals surface area contributed by atoms with Crippen LogP contribution in [0.25, 0.3) is 0 Å². The average Bonchev–Trinajstić information content (AvgIpc) is 2.46. The summed E-state index contributed by atoms with van der Waals surface area (Å²) >= 11 is 0. The topological polar surface area (TPSA) is 80.5 Å². The van der Waals surface area contributed by atoms with Crippen molar-refractivity contribution in [2.75, 3.05) is 32.7 Å². The largest absolute Gasteiger partial charge is 0.392 e. The Morgan fingerprint density at radius 1 is 1.43 bits per heavy atom. The van der Waals surface area contributed by atoms with E-state index in [1.807, 2.05) is 6.07 Å². The molecule has 1 unspecified atom stereocenters. The molecule has 0 aromatic carbocycles. The molecule has 1 N–H and O–H groups in total. The number of β-amino-alcohol motifs (C(OH)–C–C–N with tert-alkyl or cyclic N) is 1. The molecule has 2 rings (SSSR count). The van der Waals surface area contributed by atoms with Crippen LogP contribution in [0.4, 0.5) is 0 Å². The summed E-state index contributed by atoms with van der Waals surface area (Å²) in [5, 5.41) is 18.3. The molecule has 1 aliphatic rings. The van der Waals surface area contributed by atoms with Crippen LogP contribution in [0.3, 0.4) is 0 Å². The molecule has 1 aromatic heterocycles. The number of amides is 1. The second kappa shape index (κ2) is 6.66. The predicted octanol–water partition coefficient (Wildman–Crippen LogP) is 0.400. The second-order valence-electron chi connectivity index (χ2n) is 5.38. The van der Waals surface area contributed by atoms with Gasteiger partial charge in [0.15, 0.2) is 0 Å². The van der Waals surface area contributed by atoms with Crippen LogP contribution >= 0.6 is 0 Å². The van der Waals surface area contributed by atoms with E-state index in [4.69, 9.17) is 5.26 Å². The first-order valence-corrected chi connectivity index (χ1v) is 7.08. The van der Waals surface area contributed by atoms with Crippen LogP contribution in [0, 0.1) is 18.3 Å². The Morgan fingerprint density at radius 2 is 2.10 bits per heavy atom. The molecule has 1 amide bonds. The van der Waals surface area contributed by atoms with Gasteiger partial charge in [-0.05, 0) is 26.0 Å². The first kappa shape index (κ1) is 15.4. The van der Waals surface area contributed by atoms with Gasteiger partial charge >= 0.3 is 0 Å². The van der Waals surface area contributed by atoms with E-state index in [1.54, 1.807) is 30.9 Å². The van der Waals surface area contributed by atoms with Crippen LogP contribution in [0.1, 0.15) is 28.7 Å². The van der Waals surface area contributed by atoms with Crippen LogP contribution in [-0.2, 0) is 0 Å². The monoisotopic (exact) mass is 288 g/mol. The lowest BCUT2D eigenvalue weighted by Crippen LogP contribution is -2.50. The Hall–Kier alpha value is -1.97. The molecule has 112 valence electrons. The fourth-order valence-corrected chi connectivity index (χ4v) is 2.47. The number of aromatic nitrogens is 1. The lowest BCUT2D eigenvalue weighted by Gasteiger charge is -2.35. The minimum Gasteiger partial charge on any atom is -0.392 e. The summed E-state index contributed by atoms with van der Waals surface area (Å²) < 4.78 is 0. The highest BCUT2D eigenvalue weighted by Gasteiger charge is 2.23. The number of pyridine rings is 1. The summed E-state index contributed by atoms with van der Waals surface area (Å²) in [7, 11) is 0. The maximum absolute atomic E-state index is 12.4. The summed E-state index contributed by atoms with van der Waals surface area (Å²) in [5.74, 6) is -0.0979. The van der Waals surface area contributed by atoms with Gasteiger partial charge in [-0.1, -0.05) is 0 Å². The number of rotatable bonds is 3. The third-order valence-corrected chi connectivity index (χ3v) is 3.61. The minimum atomic E-state index is -0.352. The van der Waals surface area contributed by atoms with Crippen molar-refractivity contribution in [3.05, 3.63) is 29.1 Å². The number of carbonyl (C=O) groups is 1. The van der Waals surface area contributed by atoms with Crippen molar-refractivity contribution < 1.29 is 9.90 Å². The van der Waals surface area contributed by atoms with Gasteiger partial charge in [-0.15, -0.1) is 0 Å². The van der Waals surface area contributed by atoms with Crippen LogP contribution in [-0.4, -0.2) is 64.6 Å². The maximum Gasteiger partial charge on any atom is 0.272 e. The van der Waals surface area contributed by atoms with E-state index in [1.165, 1.54) is 0 Å². The van der Waals surface area contributed by atoms with Gasteiger partial charge in [0.2, 0.25) is 0 Å². The first-order valence-electron chi connectivity index (χ1n) is 7.08. The van der Waals surface area contributed by atoms with Gasteiger partial charge < -0.3 is 10.0 Å². The Labute approximate surface area is 124 Å². The molecular weight excluding hydrogens is 268 g/mol. The zero-order valence-electron chi connectivity index (χ0n) is 12.4. The zero-order chi connectivity index (χ0) is 15.4. The van der Waals surface area contributed by atoms with Gasteiger partial charge in [0.05, 0.1) is 17.4 Å². The van der Waals surface area contributed by atoms with Crippen molar-refractivity contribution in [3.63, 3.8) is 0 Å². The highest BCUT2D eigenvalue weighted by molar-refractivity contribution is 5.92. The van der Waals surface area contributed by atoms with E-state index in [0.717, 1.165) is 13.1 Å². The molecule has 1 aromatic rings. The molecule has 0 saturated carbocycles. The molecule has 6 nitrogen and oxygen atoms in total. The molecule has 1 aliphatic heterocycles. The zero-order valence-corrected chi connectivity index (χ0v) is 12.4. The van der Waals surface area contributed by atoms with Crippen molar-refractivity contribution in [2.45, 2.75) is 20.0 Å². The number of nitrogens with zero attached hydrogens (tertiary/aromatic N) is 4. The highest BCUT2D eigenvalue weighted by Crippen LogP contribution is 2.10. The number of aliphatic hydroxyl groups is 1. The van der Waals surface area contributed by atoms with Gasteiger partial charge in [0, 0.05) is 32.7 Å². The summed E-state index contributed by atoms with van der Waals surface area (Å²) in [6.07, 6.45) is -0.352. The normalized spacial score (nSPS) is 17.3. The van der Waals surface area contributed by atoms with E-state index in [-0.39, 0.29) is 12.0 Å². The molecular formula is C15H20N4O2. The minimum absolute atomic E-state index is 0.0979. The van der Waals surface area contributed by atoms with E-state index in [9.17, 15) is 9.90 Å². The number of piperazine rings is 1. The van der Waals surface area contributed by atoms with E-state index >= 15 is 0 Å². The van der Waals surface area contributed by atoms with E-state index < -0.39 is 0 Å². The smallest absolute Gasteiger partial charge is 0.272 e. The van der Waals surface area contributed by atoms with Crippen LogP contribution in [0.2, 0.25) is 0 Å². The highest BCUT2D eigenvalue weighted by atomic mass is 16.3. The van der Waals surface area contributed by atoms with Crippen LogP contribution in [0.15, 0.2) is 12.1 Å². The Bertz CT molecular complexity index is 557. The van der Waals surface area contributed by atoms with Crippen molar-refractivity contribution >= 4 is 5.91 Å². The Kier molecular flexibility index (Phi) is 4.89. The predicted molar refractivity (Wildman–Crippen MR) is 77.7 cm³/mol. The fourth-order valence-electron chi connectivity index (χ4n) is 2.47. The molecule has 0 bridgehead atoms. The molecule has 2 heterocycles. The van der Waals surface area contributed by atoms with Crippen molar-refractivity contribution in [1.82, 2.24) is 14.8 Å². The molecule has 0 radical (unpaired) electrons. The molecule has 1 atom stereocenters. The fraction of sp³-hybridized carbons (Fsp3) is 0.533.